The van der Waals surface area contributed by atoms with Crippen LogP contribution in [0, 0.1) is 0 Å². The van der Waals surface area contributed by atoms with Gasteiger partial charge in [0.2, 0.25) is 6.79 Å². The molecule has 0 radical (unpaired) electrons. The number of aliphatic hydroxyl groups is 1. The van der Waals surface area contributed by atoms with Crippen LogP contribution >= 0.6 is 0 Å². The molecule has 17 heavy (non-hydrogen) atoms. The van der Waals surface area contributed by atoms with E-state index in [2.05, 4.69) is 10.3 Å². The van der Waals surface area contributed by atoms with E-state index >= 15 is 0 Å². The van der Waals surface area contributed by atoms with Gasteiger partial charge < -0.3 is 14.6 Å². The first-order valence-electron chi connectivity index (χ1n) is 5.18. The maximum Gasteiger partial charge on any atom is 0.231 e. The summed E-state index contributed by atoms with van der Waals surface area (Å²) in [4.78, 5) is 0. The van der Waals surface area contributed by atoms with Gasteiger partial charge in [-0.05, 0) is 17.7 Å². The van der Waals surface area contributed by atoms with Crippen LogP contribution in [0.3, 0.4) is 0 Å². The Balaban J connectivity index is 1.94. The molecule has 6 heteroatoms. The first kappa shape index (κ1) is 10.1. The normalized spacial score (nSPS) is 14.9. The molecule has 1 aliphatic heterocycles. The Morgan fingerprint density at radius 3 is 2.94 bits per heavy atom. The van der Waals surface area contributed by atoms with E-state index in [1.54, 1.807) is 36.1 Å². The summed E-state index contributed by atoms with van der Waals surface area (Å²) in [6.45, 7) is 0.222. The number of hydrogen-bond acceptors (Lipinski definition) is 5. The molecular weight excluding hydrogens is 222 g/mol. The fourth-order valence-electron chi connectivity index (χ4n) is 1.74. The maximum atomic E-state index is 10.1. The van der Waals surface area contributed by atoms with Gasteiger partial charge in [0, 0.05) is 7.05 Å². The second kappa shape index (κ2) is 3.74. The fraction of sp³-hybridized carbons (Fsp3) is 0.273. The van der Waals surface area contributed by atoms with Crippen molar-refractivity contribution >= 4 is 0 Å². The molecule has 2 aromatic rings. The van der Waals surface area contributed by atoms with Crippen LogP contribution in [0.25, 0.3) is 0 Å². The molecule has 1 unspecified atom stereocenters. The number of nitrogens with zero attached hydrogens (tertiary/aromatic N) is 3. The van der Waals surface area contributed by atoms with Gasteiger partial charge in [-0.2, -0.15) is 0 Å². The number of hydrogen-bond donors (Lipinski definition) is 1. The Labute approximate surface area is 97.4 Å². The maximum absolute atomic E-state index is 10.1. The topological polar surface area (TPSA) is 69.4 Å². The molecule has 3 rings (SSSR count). The lowest BCUT2D eigenvalue weighted by molar-refractivity contribution is 0.173. The minimum Gasteiger partial charge on any atom is -0.454 e. The highest BCUT2D eigenvalue weighted by molar-refractivity contribution is 5.45. The van der Waals surface area contributed by atoms with Crippen LogP contribution in [0.2, 0.25) is 0 Å². The average molecular weight is 233 g/mol. The lowest BCUT2D eigenvalue weighted by Crippen LogP contribution is -2.00. The molecule has 0 amide bonds. The molecule has 1 atom stereocenters. The van der Waals surface area contributed by atoms with Crippen LogP contribution in [0.4, 0.5) is 0 Å². The van der Waals surface area contributed by atoms with Crippen molar-refractivity contribution in [2.75, 3.05) is 6.79 Å². The second-order valence-electron chi connectivity index (χ2n) is 3.83. The predicted octanol–water partition coefficient (Wildman–Crippen LogP) is 0.625. The average Bonchev–Trinajstić information content (AvgIpc) is 2.95. The van der Waals surface area contributed by atoms with E-state index in [-0.39, 0.29) is 6.79 Å². The highest BCUT2D eigenvalue weighted by atomic mass is 16.7. The Kier molecular flexibility index (Phi) is 2.22. The summed E-state index contributed by atoms with van der Waals surface area (Å²) in [5, 5.41) is 17.8. The highest BCUT2D eigenvalue weighted by Crippen LogP contribution is 2.35. The van der Waals surface area contributed by atoms with E-state index in [1.807, 2.05) is 0 Å². The van der Waals surface area contributed by atoms with Gasteiger partial charge in [-0.15, -0.1) is 5.10 Å². The molecule has 0 saturated heterocycles. The SMILES string of the molecule is Cn1cc(C(O)c2ccc3c(c2)OCO3)nn1. The van der Waals surface area contributed by atoms with E-state index in [0.29, 0.717) is 22.8 Å². The van der Waals surface area contributed by atoms with Gasteiger partial charge in [-0.25, -0.2) is 0 Å². The Morgan fingerprint density at radius 2 is 2.18 bits per heavy atom. The number of aliphatic hydroxyl groups excluding tert-OH is 1. The van der Waals surface area contributed by atoms with Crippen molar-refractivity contribution in [2.45, 2.75) is 6.10 Å². The standard InChI is InChI=1S/C11H11N3O3/c1-14-5-8(12-13-14)11(15)7-2-3-9-10(4-7)17-6-16-9/h2-5,11,15H,6H2,1H3. The van der Waals surface area contributed by atoms with Gasteiger partial charge in [0.25, 0.3) is 0 Å². The van der Waals surface area contributed by atoms with Crippen LogP contribution in [-0.4, -0.2) is 26.9 Å². The van der Waals surface area contributed by atoms with Crippen LogP contribution in [-0.2, 0) is 7.05 Å². The van der Waals surface area contributed by atoms with Gasteiger partial charge >= 0.3 is 0 Å². The Hall–Kier alpha value is -2.08. The third kappa shape index (κ3) is 1.72. The van der Waals surface area contributed by atoms with E-state index in [1.165, 1.54) is 0 Å². The van der Waals surface area contributed by atoms with Gasteiger partial charge in [-0.3, -0.25) is 4.68 Å². The van der Waals surface area contributed by atoms with Crippen molar-refractivity contribution in [3.63, 3.8) is 0 Å². The molecule has 88 valence electrons. The molecular formula is C11H11N3O3. The quantitative estimate of drug-likeness (QED) is 0.823. The Bertz CT molecular complexity index is 553. The van der Waals surface area contributed by atoms with Gasteiger partial charge in [0.05, 0.1) is 6.20 Å². The molecule has 0 saturated carbocycles. The summed E-state index contributed by atoms with van der Waals surface area (Å²) >= 11 is 0. The van der Waals surface area contributed by atoms with E-state index in [0.717, 1.165) is 0 Å². The minimum atomic E-state index is -0.807. The monoisotopic (exact) mass is 233 g/mol. The lowest BCUT2D eigenvalue weighted by Gasteiger charge is -2.08. The van der Waals surface area contributed by atoms with Gasteiger partial charge in [-0.1, -0.05) is 11.3 Å². The Morgan fingerprint density at radius 1 is 1.35 bits per heavy atom. The molecule has 1 aromatic heterocycles. The molecule has 2 heterocycles. The first-order chi connectivity index (χ1) is 8.24. The van der Waals surface area contributed by atoms with Crippen molar-refractivity contribution in [1.29, 1.82) is 0 Å². The first-order valence-corrected chi connectivity index (χ1v) is 5.18. The molecule has 1 N–H and O–H groups in total. The highest BCUT2D eigenvalue weighted by Gasteiger charge is 2.19. The molecule has 0 spiro atoms. The molecule has 6 nitrogen and oxygen atoms in total. The van der Waals surface area contributed by atoms with Crippen molar-refractivity contribution < 1.29 is 14.6 Å². The molecule has 0 fully saturated rings. The number of rotatable bonds is 2. The van der Waals surface area contributed by atoms with Gasteiger partial charge in [0.1, 0.15) is 11.8 Å². The van der Waals surface area contributed by atoms with E-state index < -0.39 is 6.10 Å². The molecule has 1 aromatic carbocycles. The zero-order chi connectivity index (χ0) is 11.8. The largest absolute Gasteiger partial charge is 0.454 e. The summed E-state index contributed by atoms with van der Waals surface area (Å²) in [7, 11) is 1.75. The van der Waals surface area contributed by atoms with Crippen LogP contribution in [0.5, 0.6) is 11.5 Å². The molecule has 1 aliphatic rings. The molecule has 0 aliphatic carbocycles. The fourth-order valence-corrected chi connectivity index (χ4v) is 1.74. The van der Waals surface area contributed by atoms with Crippen molar-refractivity contribution in [3.8, 4) is 11.5 Å². The van der Waals surface area contributed by atoms with Crippen LogP contribution in [0.1, 0.15) is 17.4 Å². The third-order valence-electron chi connectivity index (χ3n) is 2.61. The number of benzene rings is 1. The third-order valence-corrected chi connectivity index (χ3v) is 2.61. The summed E-state index contributed by atoms with van der Waals surface area (Å²) in [6.07, 6.45) is 0.869. The lowest BCUT2D eigenvalue weighted by atomic mass is 10.1. The number of aryl methyl sites for hydroxylation is 1. The zero-order valence-electron chi connectivity index (χ0n) is 9.20. The van der Waals surface area contributed by atoms with Crippen molar-refractivity contribution in [2.24, 2.45) is 7.05 Å². The molecule has 0 bridgehead atoms. The number of fused-ring (bicyclic) bond motifs is 1. The number of aromatic nitrogens is 3. The van der Waals surface area contributed by atoms with E-state index in [4.69, 9.17) is 9.47 Å². The summed E-state index contributed by atoms with van der Waals surface area (Å²) in [5.41, 5.74) is 1.21. The van der Waals surface area contributed by atoms with Crippen LogP contribution in [0.15, 0.2) is 24.4 Å². The van der Waals surface area contributed by atoms with Gasteiger partial charge in [0.15, 0.2) is 11.5 Å². The predicted molar refractivity (Wildman–Crippen MR) is 57.6 cm³/mol. The second-order valence-corrected chi connectivity index (χ2v) is 3.83. The van der Waals surface area contributed by atoms with E-state index in [9.17, 15) is 5.11 Å². The zero-order valence-corrected chi connectivity index (χ0v) is 9.20. The summed E-state index contributed by atoms with van der Waals surface area (Å²) in [6, 6.07) is 5.31. The smallest absolute Gasteiger partial charge is 0.231 e. The minimum absolute atomic E-state index is 0.222. The number of ether oxygens (including phenoxy) is 2. The summed E-state index contributed by atoms with van der Waals surface area (Å²) < 4.78 is 12.0. The van der Waals surface area contributed by atoms with Crippen molar-refractivity contribution in [1.82, 2.24) is 15.0 Å². The van der Waals surface area contributed by atoms with Crippen molar-refractivity contribution in [3.05, 3.63) is 35.7 Å². The van der Waals surface area contributed by atoms with Crippen LogP contribution < -0.4 is 9.47 Å². The summed E-state index contributed by atoms with van der Waals surface area (Å²) in [5.74, 6) is 1.34.